The van der Waals surface area contributed by atoms with E-state index in [1.807, 2.05) is 13.0 Å². The van der Waals surface area contributed by atoms with Crippen LogP contribution in [0.3, 0.4) is 0 Å². The number of H-pyrrole nitrogens is 1. The van der Waals surface area contributed by atoms with Crippen molar-refractivity contribution in [1.82, 2.24) is 10.2 Å². The third-order valence-corrected chi connectivity index (χ3v) is 4.86. The maximum atomic E-state index is 11.1. The molecule has 1 aromatic carbocycles. The first-order valence-corrected chi connectivity index (χ1v) is 8.49. The van der Waals surface area contributed by atoms with Gasteiger partial charge in [0, 0.05) is 11.1 Å². The van der Waals surface area contributed by atoms with Gasteiger partial charge in [0.2, 0.25) is 0 Å². The van der Waals surface area contributed by atoms with Crippen LogP contribution in [0.5, 0.6) is 5.75 Å². The zero-order chi connectivity index (χ0) is 16.2. The molecule has 0 spiro atoms. The normalized spacial score (nSPS) is 15.6. The molecule has 1 N–H and O–H groups in total. The van der Waals surface area contributed by atoms with Gasteiger partial charge in [-0.1, -0.05) is 30.9 Å². The van der Waals surface area contributed by atoms with Gasteiger partial charge in [0.05, 0.1) is 5.69 Å². The van der Waals surface area contributed by atoms with Crippen LogP contribution in [0.1, 0.15) is 54.8 Å². The van der Waals surface area contributed by atoms with E-state index < -0.39 is 0 Å². The van der Waals surface area contributed by atoms with Crippen LogP contribution in [0.25, 0.3) is 0 Å². The number of ether oxygens (including phenoxy) is 1. The molecule has 0 saturated heterocycles. The molecule has 0 atom stereocenters. The molecule has 1 heterocycles. The number of aromatic nitrogens is 2. The summed E-state index contributed by atoms with van der Waals surface area (Å²) in [6.45, 7) is 2.32. The summed E-state index contributed by atoms with van der Waals surface area (Å²) >= 11 is 6.33. The first-order valence-electron chi connectivity index (χ1n) is 8.11. The van der Waals surface area contributed by atoms with Crippen LogP contribution in [0, 0.1) is 6.92 Å². The third kappa shape index (κ3) is 3.94. The maximum Gasteiger partial charge on any atom is 0.264 e. The van der Waals surface area contributed by atoms with Gasteiger partial charge in [-0.05, 0) is 55.0 Å². The van der Waals surface area contributed by atoms with E-state index in [4.69, 9.17) is 16.3 Å². The minimum Gasteiger partial charge on any atom is -0.487 e. The topological polar surface area (TPSA) is 55.0 Å². The standard InChI is InChI=1S/C18H21ClN2O2/c1-12-9-17(23-11-14-7-8-18(22)21-20-14)15(10-16(12)19)13-5-3-2-4-6-13/h7-10,13H,2-6,11H2,1H3,(H,21,22). The van der Waals surface area contributed by atoms with E-state index in [0.717, 1.165) is 16.3 Å². The molecule has 1 saturated carbocycles. The predicted molar refractivity (Wildman–Crippen MR) is 91.2 cm³/mol. The van der Waals surface area contributed by atoms with Crippen LogP contribution in [0.2, 0.25) is 5.02 Å². The van der Waals surface area contributed by atoms with Crippen LogP contribution in [-0.4, -0.2) is 10.2 Å². The molecule has 4 nitrogen and oxygen atoms in total. The van der Waals surface area contributed by atoms with Gasteiger partial charge in [0.15, 0.2) is 0 Å². The van der Waals surface area contributed by atoms with Crippen LogP contribution in [-0.2, 0) is 6.61 Å². The van der Waals surface area contributed by atoms with Crippen LogP contribution in [0.4, 0.5) is 0 Å². The van der Waals surface area contributed by atoms with Crippen molar-refractivity contribution in [3.05, 3.63) is 56.5 Å². The lowest BCUT2D eigenvalue weighted by Gasteiger charge is -2.25. The first-order chi connectivity index (χ1) is 11.1. The number of halogens is 1. The fourth-order valence-electron chi connectivity index (χ4n) is 3.13. The molecule has 0 bridgehead atoms. The van der Waals surface area contributed by atoms with E-state index in [1.54, 1.807) is 6.07 Å². The number of nitrogens with one attached hydrogen (secondary N) is 1. The molecular formula is C18H21ClN2O2. The zero-order valence-corrected chi connectivity index (χ0v) is 14.0. The van der Waals surface area contributed by atoms with Gasteiger partial charge in [0.1, 0.15) is 12.4 Å². The number of hydrogen-bond donors (Lipinski definition) is 1. The Morgan fingerprint density at radius 3 is 2.74 bits per heavy atom. The second kappa shape index (κ2) is 7.18. The quantitative estimate of drug-likeness (QED) is 0.905. The molecule has 122 valence electrons. The minimum atomic E-state index is -0.209. The number of aryl methyl sites for hydroxylation is 1. The fraction of sp³-hybridized carbons (Fsp3) is 0.444. The summed E-state index contributed by atoms with van der Waals surface area (Å²) in [5.74, 6) is 1.40. The van der Waals surface area contributed by atoms with Gasteiger partial charge >= 0.3 is 0 Å². The van der Waals surface area contributed by atoms with Crippen LogP contribution >= 0.6 is 11.6 Å². The van der Waals surface area contributed by atoms with Crippen molar-refractivity contribution in [2.75, 3.05) is 0 Å². The Hall–Kier alpha value is -1.81. The smallest absolute Gasteiger partial charge is 0.264 e. The van der Waals surface area contributed by atoms with Crippen molar-refractivity contribution in [3.8, 4) is 5.75 Å². The maximum absolute atomic E-state index is 11.1. The van der Waals surface area contributed by atoms with E-state index in [1.165, 1.54) is 43.7 Å². The number of hydrogen-bond acceptors (Lipinski definition) is 3. The number of aromatic amines is 1. The lowest BCUT2D eigenvalue weighted by atomic mass is 9.83. The van der Waals surface area contributed by atoms with E-state index in [-0.39, 0.29) is 5.56 Å². The average Bonchev–Trinajstić information content (AvgIpc) is 2.58. The van der Waals surface area contributed by atoms with Crippen molar-refractivity contribution in [2.45, 2.75) is 51.6 Å². The minimum absolute atomic E-state index is 0.209. The fourth-order valence-corrected chi connectivity index (χ4v) is 3.31. The lowest BCUT2D eigenvalue weighted by Crippen LogP contribution is -2.11. The highest BCUT2D eigenvalue weighted by Gasteiger charge is 2.20. The Kier molecular flexibility index (Phi) is 5.01. The predicted octanol–water partition coefficient (Wildman–Crippen LogP) is 4.36. The molecule has 1 fully saturated rings. The van der Waals surface area contributed by atoms with Gasteiger partial charge in [-0.3, -0.25) is 4.79 Å². The molecule has 2 aromatic rings. The molecule has 23 heavy (non-hydrogen) atoms. The summed E-state index contributed by atoms with van der Waals surface area (Å²) in [6, 6.07) is 7.21. The van der Waals surface area contributed by atoms with Crippen molar-refractivity contribution in [1.29, 1.82) is 0 Å². The van der Waals surface area contributed by atoms with Crippen molar-refractivity contribution >= 4 is 11.6 Å². The lowest BCUT2D eigenvalue weighted by molar-refractivity contribution is 0.291. The monoisotopic (exact) mass is 332 g/mol. The molecule has 3 rings (SSSR count). The van der Waals surface area contributed by atoms with E-state index in [9.17, 15) is 4.79 Å². The second-order valence-corrected chi connectivity index (χ2v) is 6.58. The van der Waals surface area contributed by atoms with Gasteiger partial charge in [-0.25, -0.2) is 5.10 Å². The van der Waals surface area contributed by atoms with E-state index >= 15 is 0 Å². The summed E-state index contributed by atoms with van der Waals surface area (Å²) in [7, 11) is 0. The number of rotatable bonds is 4. The first kappa shape index (κ1) is 16.1. The summed E-state index contributed by atoms with van der Waals surface area (Å²) < 4.78 is 6.01. The molecule has 1 aliphatic rings. The molecule has 1 aliphatic carbocycles. The third-order valence-electron chi connectivity index (χ3n) is 4.45. The van der Waals surface area contributed by atoms with Gasteiger partial charge in [-0.2, -0.15) is 5.10 Å². The molecule has 0 radical (unpaired) electrons. The highest BCUT2D eigenvalue weighted by atomic mass is 35.5. The van der Waals surface area contributed by atoms with Crippen molar-refractivity contribution in [3.63, 3.8) is 0 Å². The Bertz CT molecular complexity index is 716. The highest BCUT2D eigenvalue weighted by Crippen LogP contribution is 2.40. The SMILES string of the molecule is Cc1cc(OCc2ccc(=O)[nH]n2)c(C2CCCCC2)cc1Cl. The van der Waals surface area contributed by atoms with E-state index in [2.05, 4.69) is 16.3 Å². The summed E-state index contributed by atoms with van der Waals surface area (Å²) in [4.78, 5) is 11.1. The molecule has 5 heteroatoms. The van der Waals surface area contributed by atoms with E-state index in [0.29, 0.717) is 18.2 Å². The van der Waals surface area contributed by atoms with Crippen LogP contribution in [0.15, 0.2) is 29.1 Å². The van der Waals surface area contributed by atoms with Gasteiger partial charge < -0.3 is 4.74 Å². The Balaban J connectivity index is 1.82. The number of benzene rings is 1. The Morgan fingerprint density at radius 1 is 1.26 bits per heavy atom. The average molecular weight is 333 g/mol. The van der Waals surface area contributed by atoms with Crippen LogP contribution < -0.4 is 10.3 Å². The molecule has 0 aliphatic heterocycles. The molecular weight excluding hydrogens is 312 g/mol. The molecule has 0 unspecified atom stereocenters. The van der Waals surface area contributed by atoms with Crippen molar-refractivity contribution in [2.24, 2.45) is 0 Å². The second-order valence-electron chi connectivity index (χ2n) is 6.18. The van der Waals surface area contributed by atoms with Gasteiger partial charge in [0.25, 0.3) is 5.56 Å². The summed E-state index contributed by atoms with van der Waals surface area (Å²) in [5.41, 5.74) is 2.70. The molecule has 1 aromatic heterocycles. The largest absolute Gasteiger partial charge is 0.487 e. The summed E-state index contributed by atoms with van der Waals surface area (Å²) in [6.07, 6.45) is 6.21. The molecule has 0 amide bonds. The number of nitrogens with zero attached hydrogens (tertiary/aromatic N) is 1. The highest BCUT2D eigenvalue weighted by molar-refractivity contribution is 6.31. The zero-order valence-electron chi connectivity index (χ0n) is 13.3. The Labute approximate surface area is 140 Å². The van der Waals surface area contributed by atoms with Gasteiger partial charge in [-0.15, -0.1) is 0 Å². The summed E-state index contributed by atoms with van der Waals surface area (Å²) in [5, 5.41) is 7.21. The Morgan fingerprint density at radius 2 is 2.04 bits per heavy atom. The van der Waals surface area contributed by atoms with Crippen molar-refractivity contribution < 1.29 is 4.74 Å².